The number of benzene rings is 1. The molecule has 138 valence electrons. The van der Waals surface area contributed by atoms with E-state index in [0.29, 0.717) is 24.7 Å². The summed E-state index contributed by atoms with van der Waals surface area (Å²) < 4.78 is 4.95. The molecule has 7 nitrogen and oxygen atoms in total. The van der Waals surface area contributed by atoms with Gasteiger partial charge in [0.2, 0.25) is 0 Å². The van der Waals surface area contributed by atoms with Gasteiger partial charge in [-0.1, -0.05) is 0 Å². The van der Waals surface area contributed by atoms with Gasteiger partial charge in [-0.3, -0.25) is 4.79 Å². The van der Waals surface area contributed by atoms with E-state index in [4.69, 9.17) is 4.74 Å². The minimum absolute atomic E-state index is 0.227. The van der Waals surface area contributed by atoms with Crippen LogP contribution in [0.15, 0.2) is 36.7 Å². The third kappa shape index (κ3) is 4.92. The van der Waals surface area contributed by atoms with Gasteiger partial charge in [-0.15, -0.1) is 0 Å². The average Bonchev–Trinajstić information content (AvgIpc) is 3.21. The molecule has 1 aliphatic heterocycles. The Bertz CT molecular complexity index is 697. The third-order valence-electron chi connectivity index (χ3n) is 4.31. The highest BCUT2D eigenvalue weighted by Gasteiger charge is 2.12. The summed E-state index contributed by atoms with van der Waals surface area (Å²) in [4.78, 5) is 22.8. The van der Waals surface area contributed by atoms with Crippen molar-refractivity contribution >= 4 is 23.1 Å². The van der Waals surface area contributed by atoms with E-state index >= 15 is 0 Å². The summed E-state index contributed by atoms with van der Waals surface area (Å²) in [5.74, 6) is 0.380. The smallest absolute Gasteiger partial charge is 0.271 e. The molecule has 1 aromatic carbocycles. The van der Waals surface area contributed by atoms with Gasteiger partial charge in [0, 0.05) is 44.7 Å². The van der Waals surface area contributed by atoms with Gasteiger partial charge in [0.05, 0.1) is 12.4 Å². The highest BCUT2D eigenvalue weighted by Crippen LogP contribution is 2.23. The molecule has 1 amide bonds. The molecule has 1 aliphatic rings. The van der Waals surface area contributed by atoms with Crippen LogP contribution in [-0.4, -0.2) is 49.2 Å². The van der Waals surface area contributed by atoms with E-state index in [0.717, 1.165) is 25.2 Å². The van der Waals surface area contributed by atoms with Crippen molar-refractivity contribution in [2.75, 3.05) is 43.6 Å². The number of carbonyl (C=O) groups excluding carboxylic acids is 1. The van der Waals surface area contributed by atoms with Gasteiger partial charge in [-0.25, -0.2) is 9.97 Å². The van der Waals surface area contributed by atoms with Crippen LogP contribution in [0.5, 0.6) is 0 Å². The summed E-state index contributed by atoms with van der Waals surface area (Å²) in [6.45, 7) is 3.43. The Morgan fingerprint density at radius 2 is 1.92 bits per heavy atom. The Kier molecular flexibility index (Phi) is 6.38. The summed E-state index contributed by atoms with van der Waals surface area (Å²) in [6, 6.07) is 8.29. The molecule has 7 heteroatoms. The van der Waals surface area contributed by atoms with Crippen molar-refractivity contribution in [1.82, 2.24) is 15.3 Å². The molecule has 1 saturated heterocycles. The van der Waals surface area contributed by atoms with Crippen LogP contribution < -0.4 is 15.5 Å². The van der Waals surface area contributed by atoms with Gasteiger partial charge in [0.1, 0.15) is 11.5 Å². The molecule has 0 spiro atoms. The van der Waals surface area contributed by atoms with Crippen molar-refractivity contribution in [3.8, 4) is 0 Å². The molecule has 0 unspecified atom stereocenters. The Labute approximate surface area is 153 Å². The lowest BCUT2D eigenvalue weighted by Crippen LogP contribution is -2.26. The van der Waals surface area contributed by atoms with Crippen LogP contribution >= 0.6 is 0 Å². The monoisotopic (exact) mass is 355 g/mol. The van der Waals surface area contributed by atoms with Gasteiger partial charge >= 0.3 is 0 Å². The van der Waals surface area contributed by atoms with E-state index in [1.54, 1.807) is 13.3 Å². The molecule has 3 rings (SSSR count). The number of amides is 1. The predicted molar refractivity (Wildman–Crippen MR) is 102 cm³/mol. The Morgan fingerprint density at radius 3 is 2.58 bits per heavy atom. The molecule has 0 atom stereocenters. The Balaban J connectivity index is 1.52. The van der Waals surface area contributed by atoms with Crippen LogP contribution in [0.1, 0.15) is 29.8 Å². The number of carbonyl (C=O) groups is 1. The van der Waals surface area contributed by atoms with Gasteiger partial charge < -0.3 is 20.3 Å². The van der Waals surface area contributed by atoms with Crippen molar-refractivity contribution in [3.05, 3.63) is 42.4 Å². The van der Waals surface area contributed by atoms with Crippen molar-refractivity contribution in [3.63, 3.8) is 0 Å². The molecule has 0 saturated carbocycles. The fraction of sp³-hybridized carbons (Fsp3) is 0.421. The van der Waals surface area contributed by atoms with E-state index in [1.165, 1.54) is 24.7 Å². The molecule has 2 N–H and O–H groups in total. The van der Waals surface area contributed by atoms with Crippen LogP contribution in [0.25, 0.3) is 0 Å². The molecule has 2 aromatic rings. The second-order valence-corrected chi connectivity index (χ2v) is 6.26. The average molecular weight is 355 g/mol. The number of hydrogen-bond acceptors (Lipinski definition) is 6. The summed E-state index contributed by atoms with van der Waals surface area (Å²) in [5, 5.41) is 6.00. The molecular weight excluding hydrogens is 330 g/mol. The number of aromatic nitrogens is 2. The number of anilines is 3. The van der Waals surface area contributed by atoms with Crippen LogP contribution in [0.2, 0.25) is 0 Å². The first-order valence-electron chi connectivity index (χ1n) is 8.97. The van der Waals surface area contributed by atoms with Crippen molar-refractivity contribution in [1.29, 1.82) is 0 Å². The fourth-order valence-corrected chi connectivity index (χ4v) is 2.90. The Hall–Kier alpha value is -2.67. The standard InChI is InChI=1S/C19H25N5O2/c1-26-12-4-9-20-19(25)17-13-22-18(14-21-17)23-15-5-7-16(8-6-15)24-10-2-3-11-24/h5-8,13-14H,2-4,9-12H2,1H3,(H,20,25)(H,22,23). The van der Waals surface area contributed by atoms with E-state index in [2.05, 4.69) is 37.6 Å². The zero-order valence-electron chi connectivity index (χ0n) is 15.1. The van der Waals surface area contributed by atoms with E-state index < -0.39 is 0 Å². The Morgan fingerprint density at radius 1 is 1.15 bits per heavy atom. The minimum Gasteiger partial charge on any atom is -0.385 e. The summed E-state index contributed by atoms with van der Waals surface area (Å²) in [5.41, 5.74) is 2.50. The second-order valence-electron chi connectivity index (χ2n) is 6.26. The summed E-state index contributed by atoms with van der Waals surface area (Å²) >= 11 is 0. The number of hydrogen-bond donors (Lipinski definition) is 2. The van der Waals surface area contributed by atoms with E-state index in [-0.39, 0.29) is 5.91 Å². The molecule has 1 fully saturated rings. The van der Waals surface area contributed by atoms with Gasteiger partial charge in [-0.05, 0) is 43.5 Å². The van der Waals surface area contributed by atoms with E-state index in [1.807, 2.05) is 12.1 Å². The minimum atomic E-state index is -0.227. The number of nitrogens with one attached hydrogen (secondary N) is 2. The van der Waals surface area contributed by atoms with Gasteiger partial charge in [-0.2, -0.15) is 0 Å². The first kappa shape index (κ1) is 18.1. The molecule has 0 radical (unpaired) electrons. The van der Waals surface area contributed by atoms with Crippen LogP contribution in [0.4, 0.5) is 17.2 Å². The maximum Gasteiger partial charge on any atom is 0.271 e. The van der Waals surface area contributed by atoms with Crippen LogP contribution in [-0.2, 0) is 4.74 Å². The lowest BCUT2D eigenvalue weighted by atomic mass is 10.2. The second kappa shape index (κ2) is 9.15. The SMILES string of the molecule is COCCCNC(=O)c1cnc(Nc2ccc(N3CCCC3)cc2)cn1. The molecule has 0 aliphatic carbocycles. The summed E-state index contributed by atoms with van der Waals surface area (Å²) in [7, 11) is 1.64. The van der Waals surface area contributed by atoms with Crippen molar-refractivity contribution in [2.24, 2.45) is 0 Å². The molecule has 2 heterocycles. The van der Waals surface area contributed by atoms with Gasteiger partial charge in [0.15, 0.2) is 0 Å². The number of methoxy groups -OCH3 is 1. The quantitative estimate of drug-likeness (QED) is 0.709. The molecular formula is C19H25N5O2. The lowest BCUT2D eigenvalue weighted by Gasteiger charge is -2.17. The zero-order chi connectivity index (χ0) is 18.2. The topological polar surface area (TPSA) is 79.4 Å². The molecule has 26 heavy (non-hydrogen) atoms. The summed E-state index contributed by atoms with van der Waals surface area (Å²) in [6.07, 6.45) is 6.34. The van der Waals surface area contributed by atoms with Crippen LogP contribution in [0.3, 0.4) is 0 Å². The van der Waals surface area contributed by atoms with Crippen LogP contribution in [0, 0.1) is 0 Å². The number of nitrogens with zero attached hydrogens (tertiary/aromatic N) is 3. The maximum atomic E-state index is 12.0. The van der Waals surface area contributed by atoms with E-state index in [9.17, 15) is 4.79 Å². The lowest BCUT2D eigenvalue weighted by molar-refractivity contribution is 0.0943. The number of ether oxygens (including phenoxy) is 1. The third-order valence-corrected chi connectivity index (χ3v) is 4.31. The zero-order valence-corrected chi connectivity index (χ0v) is 15.1. The maximum absolute atomic E-state index is 12.0. The first-order valence-corrected chi connectivity index (χ1v) is 8.97. The molecule has 1 aromatic heterocycles. The highest BCUT2D eigenvalue weighted by molar-refractivity contribution is 5.92. The normalized spacial score (nSPS) is 13.7. The molecule has 0 bridgehead atoms. The predicted octanol–water partition coefficient (Wildman–Crippen LogP) is 2.59. The first-order chi connectivity index (χ1) is 12.8. The largest absolute Gasteiger partial charge is 0.385 e. The highest BCUT2D eigenvalue weighted by atomic mass is 16.5. The van der Waals surface area contributed by atoms with Crippen molar-refractivity contribution in [2.45, 2.75) is 19.3 Å². The van der Waals surface area contributed by atoms with Gasteiger partial charge in [0.25, 0.3) is 5.91 Å². The fourth-order valence-electron chi connectivity index (χ4n) is 2.90. The number of rotatable bonds is 8. The van der Waals surface area contributed by atoms with Crippen molar-refractivity contribution < 1.29 is 9.53 Å².